The number of nitrogens with one attached hydrogen (secondary N) is 1. The molecule has 0 spiro atoms. The van der Waals surface area contributed by atoms with Crippen LogP contribution in [0.3, 0.4) is 0 Å². The molecule has 0 saturated heterocycles. The molecular formula is C21H18F3N3O3. The molecule has 156 valence electrons. The van der Waals surface area contributed by atoms with E-state index in [2.05, 4.69) is 20.0 Å². The highest BCUT2D eigenvalue weighted by atomic mass is 19.4. The van der Waals surface area contributed by atoms with Gasteiger partial charge < -0.3 is 14.6 Å². The summed E-state index contributed by atoms with van der Waals surface area (Å²) in [5.41, 5.74) is 1.27. The fourth-order valence-corrected chi connectivity index (χ4v) is 2.45. The Bertz CT molecular complexity index is 1000. The molecule has 3 rings (SSSR count). The van der Waals surface area contributed by atoms with Crippen molar-refractivity contribution in [3.8, 4) is 17.1 Å². The Labute approximate surface area is 170 Å². The van der Waals surface area contributed by atoms with Crippen molar-refractivity contribution >= 4 is 12.0 Å². The van der Waals surface area contributed by atoms with E-state index in [1.54, 1.807) is 25.1 Å². The zero-order valence-corrected chi connectivity index (χ0v) is 15.9. The standard InChI is InChI=1S/C21H18F3N3O3/c1-14(13-25-18(28)12-7-15-5-3-2-4-6-15)29-17-10-8-16(9-11-17)19-26-20(30-27-19)21(22,23)24/h2-12,14H,13H2,1H3,(H,25,28). The van der Waals surface area contributed by atoms with Gasteiger partial charge >= 0.3 is 12.1 Å². The second kappa shape index (κ2) is 9.25. The topological polar surface area (TPSA) is 77.2 Å². The number of nitrogens with zero attached hydrogens (tertiary/aromatic N) is 2. The number of halogens is 3. The largest absolute Gasteiger partial charge is 0.489 e. The van der Waals surface area contributed by atoms with Crippen molar-refractivity contribution < 1.29 is 27.2 Å². The molecule has 0 bridgehead atoms. The summed E-state index contributed by atoms with van der Waals surface area (Å²) >= 11 is 0. The van der Waals surface area contributed by atoms with Gasteiger partial charge in [-0.1, -0.05) is 35.5 Å². The van der Waals surface area contributed by atoms with E-state index < -0.39 is 12.1 Å². The van der Waals surface area contributed by atoms with E-state index in [-0.39, 0.29) is 24.4 Å². The third kappa shape index (κ3) is 5.94. The van der Waals surface area contributed by atoms with Crippen molar-refractivity contribution in [1.82, 2.24) is 15.5 Å². The average molecular weight is 417 g/mol. The third-order valence-electron chi connectivity index (χ3n) is 3.91. The van der Waals surface area contributed by atoms with E-state index in [4.69, 9.17) is 4.74 Å². The SMILES string of the molecule is CC(CNC(=O)C=Cc1ccccc1)Oc1ccc(-c2noc(C(F)(F)F)n2)cc1. The van der Waals surface area contributed by atoms with Gasteiger partial charge in [-0.3, -0.25) is 4.79 Å². The normalized spacial score (nSPS) is 12.7. The Balaban J connectivity index is 1.49. The smallest absolute Gasteiger partial charge is 0.471 e. The van der Waals surface area contributed by atoms with Crippen LogP contribution in [0.2, 0.25) is 0 Å². The van der Waals surface area contributed by atoms with Crippen LogP contribution in [0, 0.1) is 0 Å². The Morgan fingerprint density at radius 1 is 1.17 bits per heavy atom. The molecule has 1 heterocycles. The summed E-state index contributed by atoms with van der Waals surface area (Å²) in [5.74, 6) is -1.33. The van der Waals surface area contributed by atoms with Gasteiger partial charge in [-0.15, -0.1) is 0 Å². The summed E-state index contributed by atoms with van der Waals surface area (Å²) in [7, 11) is 0. The number of hydrogen-bond donors (Lipinski definition) is 1. The van der Waals surface area contributed by atoms with Gasteiger partial charge in [0.2, 0.25) is 11.7 Å². The molecule has 1 atom stereocenters. The van der Waals surface area contributed by atoms with E-state index in [1.807, 2.05) is 30.3 Å². The summed E-state index contributed by atoms with van der Waals surface area (Å²) in [5, 5.41) is 6.07. The fourth-order valence-electron chi connectivity index (χ4n) is 2.45. The van der Waals surface area contributed by atoms with Crippen molar-refractivity contribution in [3.05, 3.63) is 72.1 Å². The molecule has 0 aliphatic heterocycles. The van der Waals surface area contributed by atoms with Gasteiger partial charge in [0.15, 0.2) is 0 Å². The molecule has 9 heteroatoms. The molecule has 0 saturated carbocycles. The number of rotatable bonds is 7. The minimum atomic E-state index is -4.69. The lowest BCUT2D eigenvalue weighted by molar-refractivity contribution is -0.159. The second-order valence-corrected chi connectivity index (χ2v) is 6.36. The second-order valence-electron chi connectivity index (χ2n) is 6.36. The van der Waals surface area contributed by atoms with Gasteiger partial charge in [-0.2, -0.15) is 18.2 Å². The van der Waals surface area contributed by atoms with Gasteiger partial charge in [-0.05, 0) is 42.8 Å². The van der Waals surface area contributed by atoms with Crippen LogP contribution in [0.1, 0.15) is 18.4 Å². The molecule has 30 heavy (non-hydrogen) atoms. The number of carbonyl (C=O) groups is 1. The number of ether oxygens (including phenoxy) is 1. The molecule has 0 aliphatic rings. The summed E-state index contributed by atoms with van der Waals surface area (Å²) in [6.45, 7) is 2.06. The maximum absolute atomic E-state index is 12.5. The molecule has 1 aromatic heterocycles. The quantitative estimate of drug-likeness (QED) is 0.579. The zero-order chi connectivity index (χ0) is 21.6. The Kier molecular flexibility index (Phi) is 6.51. The first-order valence-corrected chi connectivity index (χ1v) is 9.00. The van der Waals surface area contributed by atoms with Crippen molar-refractivity contribution in [2.45, 2.75) is 19.2 Å². The molecule has 1 N–H and O–H groups in total. The number of aromatic nitrogens is 2. The number of amides is 1. The van der Waals surface area contributed by atoms with Gasteiger partial charge in [0.05, 0.1) is 6.54 Å². The van der Waals surface area contributed by atoms with Crippen molar-refractivity contribution in [2.24, 2.45) is 0 Å². The maximum Gasteiger partial charge on any atom is 0.471 e. The van der Waals surface area contributed by atoms with Crippen LogP contribution in [0.5, 0.6) is 5.75 Å². The molecule has 3 aromatic rings. The molecule has 6 nitrogen and oxygen atoms in total. The van der Waals surface area contributed by atoms with E-state index >= 15 is 0 Å². The van der Waals surface area contributed by atoms with Crippen LogP contribution in [0.25, 0.3) is 17.5 Å². The predicted octanol–water partition coefficient (Wildman–Crippen LogP) is 4.35. The first-order valence-electron chi connectivity index (χ1n) is 9.00. The van der Waals surface area contributed by atoms with Gasteiger partial charge in [0.25, 0.3) is 0 Å². The van der Waals surface area contributed by atoms with E-state index in [0.717, 1.165) is 5.56 Å². The lowest BCUT2D eigenvalue weighted by Gasteiger charge is -2.15. The lowest BCUT2D eigenvalue weighted by Crippen LogP contribution is -2.32. The first kappa shape index (κ1) is 21.1. The summed E-state index contributed by atoms with van der Waals surface area (Å²) < 4.78 is 47.5. The third-order valence-corrected chi connectivity index (χ3v) is 3.91. The molecule has 0 aliphatic carbocycles. The van der Waals surface area contributed by atoms with Gasteiger partial charge in [0.1, 0.15) is 11.9 Å². The minimum absolute atomic E-state index is 0.167. The summed E-state index contributed by atoms with van der Waals surface area (Å²) in [6, 6.07) is 15.6. The number of benzene rings is 2. The summed E-state index contributed by atoms with van der Waals surface area (Å²) in [4.78, 5) is 15.2. The minimum Gasteiger partial charge on any atom is -0.489 e. The molecule has 2 aromatic carbocycles. The van der Waals surface area contributed by atoms with Crippen LogP contribution in [0.4, 0.5) is 13.2 Å². The Morgan fingerprint density at radius 2 is 1.87 bits per heavy atom. The van der Waals surface area contributed by atoms with Crippen LogP contribution in [-0.2, 0) is 11.0 Å². The Hall–Kier alpha value is -3.62. The van der Waals surface area contributed by atoms with Gasteiger partial charge in [0, 0.05) is 11.6 Å². The predicted molar refractivity (Wildman–Crippen MR) is 103 cm³/mol. The van der Waals surface area contributed by atoms with Crippen LogP contribution in [0.15, 0.2) is 65.2 Å². The summed E-state index contributed by atoms with van der Waals surface area (Å²) in [6.07, 6.45) is -1.87. The number of hydrogen-bond acceptors (Lipinski definition) is 5. The fraction of sp³-hybridized carbons (Fsp3) is 0.190. The van der Waals surface area contributed by atoms with Gasteiger partial charge in [-0.25, -0.2) is 0 Å². The molecule has 0 fully saturated rings. The van der Waals surface area contributed by atoms with Crippen LogP contribution < -0.4 is 10.1 Å². The van der Waals surface area contributed by atoms with Crippen LogP contribution >= 0.6 is 0 Å². The molecule has 1 amide bonds. The first-order chi connectivity index (χ1) is 14.3. The molecule has 1 unspecified atom stereocenters. The highest BCUT2D eigenvalue weighted by Crippen LogP contribution is 2.29. The van der Waals surface area contributed by atoms with Crippen molar-refractivity contribution in [1.29, 1.82) is 0 Å². The monoisotopic (exact) mass is 417 g/mol. The zero-order valence-electron chi connectivity index (χ0n) is 15.9. The van der Waals surface area contributed by atoms with E-state index in [1.165, 1.54) is 18.2 Å². The number of carbonyl (C=O) groups excluding carboxylic acids is 1. The Morgan fingerprint density at radius 3 is 2.50 bits per heavy atom. The average Bonchev–Trinajstić information content (AvgIpc) is 3.23. The highest BCUT2D eigenvalue weighted by molar-refractivity contribution is 5.91. The van der Waals surface area contributed by atoms with E-state index in [0.29, 0.717) is 11.3 Å². The molecule has 0 radical (unpaired) electrons. The van der Waals surface area contributed by atoms with Crippen molar-refractivity contribution in [3.63, 3.8) is 0 Å². The lowest BCUT2D eigenvalue weighted by atomic mass is 10.2. The molecular weight excluding hydrogens is 399 g/mol. The number of alkyl halides is 3. The van der Waals surface area contributed by atoms with Crippen molar-refractivity contribution in [2.75, 3.05) is 6.54 Å². The van der Waals surface area contributed by atoms with E-state index in [9.17, 15) is 18.0 Å². The van der Waals surface area contributed by atoms with Crippen LogP contribution in [-0.4, -0.2) is 28.7 Å². The highest BCUT2D eigenvalue weighted by Gasteiger charge is 2.38. The maximum atomic E-state index is 12.5.